The number of nitrogens with zero attached hydrogens (tertiary/aromatic N) is 1. The van der Waals surface area contributed by atoms with Gasteiger partial charge in [-0.15, -0.1) is 0 Å². The Bertz CT molecular complexity index is 1310. The number of thiocarbonyl (C=S) groups is 1. The zero-order valence-electron chi connectivity index (χ0n) is 17.7. The van der Waals surface area contributed by atoms with Crippen molar-refractivity contribution in [3.05, 3.63) is 88.6 Å². The molecule has 0 saturated carbocycles. The third-order valence-electron chi connectivity index (χ3n) is 4.62. The van der Waals surface area contributed by atoms with Gasteiger partial charge in [0, 0.05) is 17.3 Å². The van der Waals surface area contributed by atoms with Gasteiger partial charge in [-0.2, -0.15) is 0 Å². The van der Waals surface area contributed by atoms with Gasteiger partial charge in [0.25, 0.3) is 11.8 Å². The molecule has 11 heteroatoms. The van der Waals surface area contributed by atoms with E-state index in [4.69, 9.17) is 18.0 Å². The highest BCUT2D eigenvalue weighted by Gasteiger charge is 2.20. The van der Waals surface area contributed by atoms with Crippen LogP contribution in [0.15, 0.2) is 60.8 Å². The average Bonchev–Trinajstić information content (AvgIpc) is 2.84. The first-order valence-corrected chi connectivity index (χ1v) is 10.1. The molecular formula is C23H18N4O6S. The third kappa shape index (κ3) is 5.40. The van der Waals surface area contributed by atoms with Gasteiger partial charge < -0.3 is 26.2 Å². The van der Waals surface area contributed by atoms with Crippen molar-refractivity contribution in [2.75, 3.05) is 17.7 Å². The summed E-state index contributed by atoms with van der Waals surface area (Å²) in [5.74, 6) is -3.44. The molecule has 0 spiro atoms. The average molecular weight is 478 g/mol. The summed E-state index contributed by atoms with van der Waals surface area (Å²) in [4.78, 5) is 53.2. The van der Waals surface area contributed by atoms with Crippen LogP contribution in [0.5, 0.6) is 0 Å². The molecule has 172 valence electrons. The van der Waals surface area contributed by atoms with Crippen LogP contribution in [-0.2, 0) is 4.74 Å². The number of pyridine rings is 1. The van der Waals surface area contributed by atoms with Crippen LogP contribution in [-0.4, -0.2) is 45.9 Å². The number of esters is 1. The lowest BCUT2D eigenvalue weighted by Crippen LogP contribution is -2.20. The molecule has 0 atom stereocenters. The zero-order valence-corrected chi connectivity index (χ0v) is 18.5. The lowest BCUT2D eigenvalue weighted by Gasteiger charge is -2.14. The van der Waals surface area contributed by atoms with E-state index in [2.05, 4.69) is 20.4 Å². The number of rotatable bonds is 7. The van der Waals surface area contributed by atoms with Crippen molar-refractivity contribution in [3.63, 3.8) is 0 Å². The van der Waals surface area contributed by atoms with Gasteiger partial charge in [-0.25, -0.2) is 14.6 Å². The van der Waals surface area contributed by atoms with Gasteiger partial charge in [0.1, 0.15) is 4.99 Å². The van der Waals surface area contributed by atoms with Crippen LogP contribution in [0, 0.1) is 0 Å². The van der Waals surface area contributed by atoms with Crippen molar-refractivity contribution in [2.45, 2.75) is 0 Å². The molecule has 10 nitrogen and oxygen atoms in total. The Kier molecular flexibility index (Phi) is 7.29. The highest BCUT2D eigenvalue weighted by molar-refractivity contribution is 7.80. The summed E-state index contributed by atoms with van der Waals surface area (Å²) in [6, 6.07) is 13.0. The van der Waals surface area contributed by atoms with Gasteiger partial charge in [0.2, 0.25) is 0 Å². The SMILES string of the molecule is COC(=O)c1cnc(NC(=O)c2ccccc2C(=O)O)c(NC(=O)c2ccc(C(N)=S)cc2)c1. The second-order valence-corrected chi connectivity index (χ2v) is 7.25. The number of hydrogen-bond donors (Lipinski definition) is 4. The number of aromatic carboxylic acids is 1. The lowest BCUT2D eigenvalue weighted by atomic mass is 10.1. The summed E-state index contributed by atoms with van der Waals surface area (Å²) in [6.45, 7) is 0. The van der Waals surface area contributed by atoms with Gasteiger partial charge in [0.15, 0.2) is 5.82 Å². The van der Waals surface area contributed by atoms with Crippen LogP contribution in [0.1, 0.15) is 47.0 Å². The molecule has 0 radical (unpaired) electrons. The second-order valence-electron chi connectivity index (χ2n) is 6.81. The highest BCUT2D eigenvalue weighted by Crippen LogP contribution is 2.23. The molecule has 0 unspecified atom stereocenters. The summed E-state index contributed by atoms with van der Waals surface area (Å²) in [5.41, 5.74) is 6.08. The Labute approximate surface area is 198 Å². The number of benzene rings is 2. The summed E-state index contributed by atoms with van der Waals surface area (Å²) >= 11 is 4.90. The number of carboxylic acids is 1. The molecule has 2 aromatic carbocycles. The Morgan fingerprint density at radius 1 is 0.912 bits per heavy atom. The van der Waals surface area contributed by atoms with E-state index in [9.17, 15) is 24.3 Å². The van der Waals surface area contributed by atoms with Crippen LogP contribution in [0.25, 0.3) is 0 Å². The number of amides is 2. The first-order chi connectivity index (χ1) is 16.2. The number of hydrogen-bond acceptors (Lipinski definition) is 7. The lowest BCUT2D eigenvalue weighted by molar-refractivity contribution is 0.0599. The van der Waals surface area contributed by atoms with Gasteiger partial charge in [-0.1, -0.05) is 36.5 Å². The van der Waals surface area contributed by atoms with E-state index in [1.807, 2.05) is 0 Å². The number of ether oxygens (including phenoxy) is 1. The van der Waals surface area contributed by atoms with Crippen LogP contribution in [0.4, 0.5) is 11.5 Å². The fourth-order valence-corrected chi connectivity index (χ4v) is 3.05. The minimum atomic E-state index is -1.28. The molecule has 0 aliphatic carbocycles. The quantitative estimate of drug-likeness (QED) is 0.295. The predicted octanol–water partition coefficient (Wildman–Crippen LogP) is 2.71. The van der Waals surface area contributed by atoms with E-state index >= 15 is 0 Å². The third-order valence-corrected chi connectivity index (χ3v) is 4.86. The van der Waals surface area contributed by atoms with Gasteiger partial charge in [0.05, 0.1) is 29.5 Å². The summed E-state index contributed by atoms with van der Waals surface area (Å²) in [7, 11) is 1.18. The van der Waals surface area contributed by atoms with Gasteiger partial charge in [-0.3, -0.25) is 9.59 Å². The normalized spacial score (nSPS) is 10.1. The van der Waals surface area contributed by atoms with Crippen molar-refractivity contribution in [2.24, 2.45) is 5.73 Å². The van der Waals surface area contributed by atoms with E-state index in [0.29, 0.717) is 5.56 Å². The van der Waals surface area contributed by atoms with Crippen molar-refractivity contribution < 1.29 is 29.0 Å². The standard InChI is InChI=1S/C23H18N4O6S/c1-33-23(32)14-10-17(26-20(28)13-8-6-12(7-9-13)18(24)34)19(25-11-14)27-21(29)15-4-2-3-5-16(15)22(30)31/h2-11H,1H3,(H2,24,34)(H,26,28)(H,30,31)(H,25,27,29). The maximum absolute atomic E-state index is 12.8. The maximum Gasteiger partial charge on any atom is 0.339 e. The minimum absolute atomic E-state index is 0.00696. The molecule has 3 rings (SSSR count). The van der Waals surface area contributed by atoms with E-state index in [0.717, 1.165) is 6.20 Å². The van der Waals surface area contributed by atoms with Crippen LogP contribution in [0.3, 0.4) is 0 Å². The van der Waals surface area contributed by atoms with Crippen molar-refractivity contribution in [1.82, 2.24) is 4.98 Å². The number of carbonyl (C=O) groups excluding carboxylic acids is 3. The Morgan fingerprint density at radius 3 is 2.12 bits per heavy atom. The van der Waals surface area contributed by atoms with Gasteiger partial charge in [-0.05, 0) is 30.3 Å². The Hall–Kier alpha value is -4.64. The van der Waals surface area contributed by atoms with Crippen LogP contribution in [0.2, 0.25) is 0 Å². The molecule has 0 aliphatic rings. The van der Waals surface area contributed by atoms with E-state index in [-0.39, 0.29) is 38.7 Å². The molecule has 0 saturated heterocycles. The number of carboxylic acid groups (broad SMARTS) is 1. The van der Waals surface area contributed by atoms with Crippen molar-refractivity contribution >= 4 is 52.5 Å². The fourth-order valence-electron chi connectivity index (χ4n) is 2.91. The number of nitrogens with one attached hydrogen (secondary N) is 2. The largest absolute Gasteiger partial charge is 0.478 e. The molecule has 1 aromatic heterocycles. The number of aromatic nitrogens is 1. The summed E-state index contributed by atoms with van der Waals surface area (Å²) in [6.07, 6.45) is 1.15. The molecule has 0 fully saturated rings. The van der Waals surface area contributed by atoms with E-state index < -0.39 is 23.8 Å². The topological polar surface area (TPSA) is 161 Å². The molecule has 0 aliphatic heterocycles. The second kappa shape index (κ2) is 10.3. The minimum Gasteiger partial charge on any atom is -0.478 e. The fraction of sp³-hybridized carbons (Fsp3) is 0.0435. The van der Waals surface area contributed by atoms with Crippen LogP contribution < -0.4 is 16.4 Å². The summed E-state index contributed by atoms with van der Waals surface area (Å²) in [5, 5.41) is 14.4. The zero-order chi connectivity index (χ0) is 24.8. The molecule has 1 heterocycles. The van der Waals surface area contributed by atoms with Gasteiger partial charge >= 0.3 is 11.9 Å². The number of anilines is 2. The molecule has 34 heavy (non-hydrogen) atoms. The van der Waals surface area contributed by atoms with E-state index in [1.165, 1.54) is 49.6 Å². The molecule has 2 amide bonds. The molecule has 0 bridgehead atoms. The summed E-state index contributed by atoms with van der Waals surface area (Å²) < 4.78 is 4.68. The Balaban J connectivity index is 1.94. The molecule has 5 N–H and O–H groups in total. The van der Waals surface area contributed by atoms with E-state index in [1.54, 1.807) is 12.1 Å². The van der Waals surface area contributed by atoms with Crippen molar-refractivity contribution in [1.29, 1.82) is 0 Å². The highest BCUT2D eigenvalue weighted by atomic mass is 32.1. The van der Waals surface area contributed by atoms with Crippen molar-refractivity contribution in [3.8, 4) is 0 Å². The van der Waals surface area contributed by atoms with Crippen LogP contribution >= 0.6 is 12.2 Å². The smallest absolute Gasteiger partial charge is 0.339 e. The molecule has 3 aromatic rings. The first-order valence-electron chi connectivity index (χ1n) is 9.64. The number of carbonyl (C=O) groups is 4. The monoisotopic (exact) mass is 478 g/mol. The maximum atomic E-state index is 12.8. The molecular weight excluding hydrogens is 460 g/mol. The number of methoxy groups -OCH3 is 1. The Morgan fingerprint density at radius 2 is 1.53 bits per heavy atom. The number of nitrogens with two attached hydrogens (primary N) is 1. The first kappa shape index (κ1) is 24.0. The predicted molar refractivity (Wildman–Crippen MR) is 127 cm³/mol.